The van der Waals surface area contributed by atoms with E-state index in [1.807, 2.05) is 6.92 Å². The molecule has 80 heavy (non-hydrogen) atoms. The summed E-state index contributed by atoms with van der Waals surface area (Å²) < 4.78 is 42.3. The Hall–Kier alpha value is -6.15. The number of carbonyl (C=O) groups excluding carboxylic acids is 8. The standard InChI is InChI=1S/C55H74N6O17S2/c1-29(2)22-35(61-50(70)78-51(7,8)9)42(75-40(66)25-79-80-30(3)18-19-39(65)57-20-21-58-49-59-27-56-28-60-49)48(69)74-36-24-55(71)46(76-47(68)34-16-14-13-15-17-34)44-53(12,37(64)23-38-54(44,26-72-38)77-33(6)63)45(67)43(73-32(5)62)41(31(36)4)52(55,10)11/h13-17,22,27-28,30,35-38,42-44,46,64,71H,18-21,23-26H2,1-12H3,(H,57,65)(H,61,70)(H,56,58,59,60)/t30?,35-,36-,37-,38+,42+,43+,44-,46-,53+,54-,55+/m0/s1. The highest BCUT2D eigenvalue weighted by Crippen LogP contribution is 2.64. The van der Waals surface area contributed by atoms with Crippen LogP contribution in [-0.4, -0.2) is 163 Å². The summed E-state index contributed by atoms with van der Waals surface area (Å²) in [7, 11) is 2.41. The van der Waals surface area contributed by atoms with Crippen molar-refractivity contribution in [1.82, 2.24) is 25.6 Å². The van der Waals surface area contributed by atoms with Crippen molar-refractivity contribution in [2.75, 3.05) is 30.8 Å². The third kappa shape index (κ3) is 14.1. The molecule has 5 N–H and O–H groups in total. The van der Waals surface area contributed by atoms with Crippen molar-refractivity contribution in [1.29, 1.82) is 0 Å². The van der Waals surface area contributed by atoms with E-state index in [1.165, 1.54) is 69.4 Å². The van der Waals surface area contributed by atoms with Gasteiger partial charge in [0.15, 0.2) is 17.5 Å². The highest BCUT2D eigenvalue weighted by molar-refractivity contribution is 8.77. The number of nitrogens with zero attached hydrogens (tertiary/aromatic N) is 3. The number of aliphatic hydroxyl groups excluding tert-OH is 1. The second-order valence-corrected chi connectivity index (χ2v) is 25.3. The molecule has 23 nitrogen and oxygen atoms in total. The first-order valence-corrected chi connectivity index (χ1v) is 28.7. The number of Topliss-reactive ketones (excluding diaryl/α,β-unsaturated/α-hetero) is 1. The van der Waals surface area contributed by atoms with Crippen molar-refractivity contribution in [2.24, 2.45) is 16.7 Å². The summed E-state index contributed by atoms with van der Waals surface area (Å²) in [6, 6.07) is 6.33. The Balaban J connectivity index is 1.36. The zero-order chi connectivity index (χ0) is 59.1. The van der Waals surface area contributed by atoms with Crippen LogP contribution >= 0.6 is 21.6 Å². The van der Waals surface area contributed by atoms with Crippen LogP contribution in [0.15, 0.2) is 65.8 Å². The molecule has 0 radical (unpaired) electrons. The van der Waals surface area contributed by atoms with Gasteiger partial charge < -0.3 is 59.3 Å². The molecule has 6 rings (SSSR count). The van der Waals surface area contributed by atoms with Gasteiger partial charge in [0, 0.05) is 56.9 Å². The molecule has 1 aromatic carbocycles. The van der Waals surface area contributed by atoms with E-state index in [0.29, 0.717) is 31.0 Å². The van der Waals surface area contributed by atoms with Gasteiger partial charge in [-0.2, -0.15) is 0 Å². The number of aliphatic hydroxyl groups is 2. The van der Waals surface area contributed by atoms with Gasteiger partial charge in [0.25, 0.3) is 0 Å². The lowest BCUT2D eigenvalue weighted by atomic mass is 9.44. The minimum absolute atomic E-state index is 0.0337. The maximum Gasteiger partial charge on any atom is 0.408 e. The predicted molar refractivity (Wildman–Crippen MR) is 291 cm³/mol. The highest BCUT2D eigenvalue weighted by atomic mass is 33.1. The molecule has 0 spiro atoms. The van der Waals surface area contributed by atoms with Gasteiger partial charge in [-0.15, -0.1) is 0 Å². The number of amides is 2. The first kappa shape index (κ1) is 63.0. The number of esters is 5. The highest BCUT2D eigenvalue weighted by Gasteiger charge is 2.78. The Labute approximate surface area is 473 Å². The number of hydrogen-bond acceptors (Lipinski definition) is 23. The molecule has 1 saturated heterocycles. The summed E-state index contributed by atoms with van der Waals surface area (Å²) in [5, 5.41) is 34.5. The molecule has 1 aliphatic heterocycles. The van der Waals surface area contributed by atoms with Crippen LogP contribution in [0.2, 0.25) is 0 Å². The number of ether oxygens (including phenoxy) is 7. The summed E-state index contributed by atoms with van der Waals surface area (Å²) >= 11 is 0. The summed E-state index contributed by atoms with van der Waals surface area (Å²) in [6.45, 7) is 18.6. The third-order valence-corrected chi connectivity index (χ3v) is 17.7. The van der Waals surface area contributed by atoms with Crippen LogP contribution in [0, 0.1) is 16.7 Å². The Bertz CT molecular complexity index is 2700. The Morgan fingerprint density at radius 1 is 0.950 bits per heavy atom. The van der Waals surface area contributed by atoms with E-state index in [9.17, 15) is 39.0 Å². The van der Waals surface area contributed by atoms with Crippen LogP contribution in [0.1, 0.15) is 119 Å². The maximum atomic E-state index is 15.8. The number of fused-ring (bicyclic) bond motifs is 5. The molecular weight excluding hydrogens is 1080 g/mol. The topological polar surface area (TPSA) is 316 Å². The number of aromatic nitrogens is 3. The molecule has 25 heteroatoms. The molecule has 2 saturated carbocycles. The largest absolute Gasteiger partial charge is 0.455 e. The van der Waals surface area contributed by atoms with Crippen LogP contribution < -0.4 is 16.0 Å². The van der Waals surface area contributed by atoms with Gasteiger partial charge in [-0.05, 0) is 78.2 Å². The normalized spacial score (nSPS) is 27.7. The average Bonchev–Trinajstić information content (AvgIpc) is 3.36. The van der Waals surface area contributed by atoms with E-state index in [1.54, 1.807) is 52.8 Å². The summed E-state index contributed by atoms with van der Waals surface area (Å²) in [5.41, 5.74) is -8.52. The summed E-state index contributed by atoms with van der Waals surface area (Å²) in [4.78, 5) is 124. The fraction of sp³-hybridized carbons (Fsp3) is 0.618. The van der Waals surface area contributed by atoms with Crippen molar-refractivity contribution >= 4 is 75.2 Å². The van der Waals surface area contributed by atoms with E-state index in [0.717, 1.165) is 24.6 Å². The Kier molecular flexibility index (Phi) is 20.3. The molecule has 2 amide bonds. The van der Waals surface area contributed by atoms with E-state index in [-0.39, 0.29) is 53.1 Å². The molecule has 1 unspecified atom stereocenters. The lowest BCUT2D eigenvalue weighted by Gasteiger charge is -2.67. The van der Waals surface area contributed by atoms with Gasteiger partial charge in [-0.1, -0.05) is 72.2 Å². The van der Waals surface area contributed by atoms with Crippen LogP contribution in [0.3, 0.4) is 0 Å². The molecule has 12 atom stereocenters. The van der Waals surface area contributed by atoms with Crippen LogP contribution in [0.4, 0.5) is 10.7 Å². The SMILES string of the molecule is CC(=O)O[C@H]1C(=O)[C@@]2(C)[C@H]([C@H](OC(=O)c3ccccc3)[C@]3(O)C[C@H](OC(=O)[C@H](OC(=O)CSSC(C)CCC(=O)NCCNc4ncncn4)[C@H](C=C(C)C)NC(=O)OC(C)(C)C)C(C)=C1C3(C)C)[C@]1(OC(C)=O)CO[C@@H]1C[C@@H]2O. The molecular formula is C55H74N6O17S2. The van der Waals surface area contributed by atoms with Crippen LogP contribution in [-0.2, 0) is 61.9 Å². The predicted octanol–water partition coefficient (Wildman–Crippen LogP) is 4.94. The van der Waals surface area contributed by atoms with Crippen LogP contribution in [0.25, 0.3) is 0 Å². The Morgan fingerprint density at radius 2 is 1.62 bits per heavy atom. The summed E-state index contributed by atoms with van der Waals surface area (Å²) in [5.74, 6) is -7.51. The number of carbonyl (C=O) groups is 8. The minimum atomic E-state index is -2.48. The van der Waals surface area contributed by atoms with Gasteiger partial charge in [-0.3, -0.25) is 24.0 Å². The van der Waals surface area contributed by atoms with Gasteiger partial charge in [0.05, 0.1) is 35.6 Å². The number of alkyl carbamates (subject to hydrolysis) is 1. The lowest BCUT2D eigenvalue weighted by molar-refractivity contribution is -0.346. The molecule has 2 heterocycles. The molecule has 2 aromatic rings. The third-order valence-electron chi connectivity index (χ3n) is 14.9. The fourth-order valence-corrected chi connectivity index (χ4v) is 13.2. The quantitative estimate of drug-likeness (QED) is 0.0363. The van der Waals surface area contributed by atoms with E-state index in [2.05, 4.69) is 30.9 Å². The fourth-order valence-electron chi connectivity index (χ4n) is 11.1. The van der Waals surface area contributed by atoms with Crippen LogP contribution in [0.5, 0.6) is 0 Å². The summed E-state index contributed by atoms with van der Waals surface area (Å²) in [6.07, 6.45) is -7.06. The van der Waals surface area contributed by atoms with Crippen molar-refractivity contribution in [3.8, 4) is 0 Å². The molecule has 2 bridgehead atoms. The van der Waals surface area contributed by atoms with Crippen molar-refractivity contribution in [3.05, 3.63) is 71.3 Å². The zero-order valence-electron chi connectivity index (χ0n) is 47.1. The molecule has 3 fully saturated rings. The molecule has 4 aliphatic rings. The van der Waals surface area contributed by atoms with Crippen molar-refractivity contribution < 1.29 is 81.7 Å². The number of benzene rings is 1. The zero-order valence-corrected chi connectivity index (χ0v) is 48.8. The maximum absolute atomic E-state index is 15.8. The number of anilines is 1. The lowest BCUT2D eigenvalue weighted by Crippen LogP contribution is -2.82. The first-order chi connectivity index (χ1) is 37.4. The monoisotopic (exact) mass is 1150 g/mol. The number of nitrogens with one attached hydrogen (secondary N) is 3. The van der Waals surface area contributed by atoms with E-state index in [4.69, 9.17) is 33.2 Å². The molecule has 1 aromatic heterocycles. The molecule has 3 aliphatic carbocycles. The number of hydrogen-bond donors (Lipinski definition) is 5. The van der Waals surface area contributed by atoms with E-state index < -0.39 is 124 Å². The second-order valence-electron chi connectivity index (χ2n) is 22.5. The smallest absolute Gasteiger partial charge is 0.408 e. The van der Waals surface area contributed by atoms with Crippen molar-refractivity contribution in [2.45, 2.75) is 173 Å². The Morgan fingerprint density at radius 3 is 2.23 bits per heavy atom. The van der Waals surface area contributed by atoms with Gasteiger partial charge in [0.2, 0.25) is 18.0 Å². The first-order valence-electron chi connectivity index (χ1n) is 26.3. The van der Waals surface area contributed by atoms with E-state index >= 15 is 9.59 Å². The number of allylic oxidation sites excluding steroid dienone is 1. The minimum Gasteiger partial charge on any atom is -0.455 e. The average molecular weight is 1160 g/mol. The number of ketones is 1. The van der Waals surface area contributed by atoms with Gasteiger partial charge in [0.1, 0.15) is 47.9 Å². The number of rotatable bonds is 21. The van der Waals surface area contributed by atoms with Gasteiger partial charge >= 0.3 is 35.9 Å². The second kappa shape index (κ2) is 25.8. The van der Waals surface area contributed by atoms with Crippen molar-refractivity contribution in [3.63, 3.8) is 0 Å². The van der Waals surface area contributed by atoms with Gasteiger partial charge in [-0.25, -0.2) is 29.3 Å². The molecule has 438 valence electrons.